The molecule has 1 atom stereocenters. The Morgan fingerprint density at radius 1 is 1.15 bits per heavy atom. The number of halogens is 2. The van der Waals surface area contributed by atoms with Crippen LogP contribution in [0.2, 0.25) is 10.0 Å². The van der Waals surface area contributed by atoms with Gasteiger partial charge in [-0.1, -0.05) is 42.1 Å². The Kier molecular flexibility index (Phi) is 7.77. The average Bonchev–Trinajstić information content (AvgIpc) is 3.38. The second kappa shape index (κ2) is 10.8. The van der Waals surface area contributed by atoms with Crippen molar-refractivity contribution in [1.82, 2.24) is 9.80 Å². The van der Waals surface area contributed by atoms with Crippen molar-refractivity contribution in [2.75, 3.05) is 25.0 Å². The van der Waals surface area contributed by atoms with Crippen LogP contribution in [0.25, 0.3) is 0 Å². The zero-order valence-corrected chi connectivity index (χ0v) is 20.7. The molecule has 6 nitrogen and oxygen atoms in total. The molecule has 2 aromatic rings. The highest BCUT2D eigenvalue weighted by molar-refractivity contribution is 6.38. The van der Waals surface area contributed by atoms with E-state index in [1.807, 2.05) is 11.0 Å². The second-order valence-electron chi connectivity index (χ2n) is 9.13. The molecule has 2 aromatic carbocycles. The maximum atomic E-state index is 12.9. The summed E-state index contributed by atoms with van der Waals surface area (Å²) < 4.78 is 0. The first-order valence-electron chi connectivity index (χ1n) is 11.7. The molecule has 1 heterocycles. The Morgan fingerprint density at radius 3 is 2.62 bits per heavy atom. The van der Waals surface area contributed by atoms with E-state index in [1.54, 1.807) is 30.3 Å². The van der Waals surface area contributed by atoms with Gasteiger partial charge in [-0.15, -0.1) is 0 Å². The summed E-state index contributed by atoms with van der Waals surface area (Å²) >= 11 is 13.2. The zero-order chi connectivity index (χ0) is 24.2. The molecule has 2 aliphatic rings. The van der Waals surface area contributed by atoms with Gasteiger partial charge in [-0.3, -0.25) is 14.5 Å². The van der Waals surface area contributed by atoms with Crippen molar-refractivity contribution in [1.29, 1.82) is 5.26 Å². The zero-order valence-electron chi connectivity index (χ0n) is 19.2. The summed E-state index contributed by atoms with van der Waals surface area (Å²) in [5.41, 5.74) is 2.00. The number of hydrogen-bond donors (Lipinski definition) is 1. The number of hydrogen-bond acceptors (Lipinski definition) is 4. The standard InChI is InChI=1S/C26H28Cl2N4O2/c1-17-15-31(11-12-32(17)26(34)19-6-2-3-7-19)16-21-22(27)9-10-23(24(21)28)30-25(33)20-8-4-5-18(13-20)14-29/h4-5,8-10,13,17,19H,2-3,6-7,11-12,15-16H2,1H3,(H,30,33). The third kappa shape index (κ3) is 5.38. The number of piperazine rings is 1. The number of carbonyl (C=O) groups is 2. The van der Waals surface area contributed by atoms with E-state index in [9.17, 15) is 9.59 Å². The summed E-state index contributed by atoms with van der Waals surface area (Å²) in [6, 6.07) is 12.1. The maximum Gasteiger partial charge on any atom is 0.255 e. The Morgan fingerprint density at radius 2 is 1.91 bits per heavy atom. The Bertz CT molecular complexity index is 1120. The van der Waals surface area contributed by atoms with E-state index < -0.39 is 0 Å². The van der Waals surface area contributed by atoms with Crippen molar-refractivity contribution >= 4 is 40.7 Å². The fourth-order valence-corrected chi connectivity index (χ4v) is 5.44. The molecule has 1 saturated heterocycles. The number of benzene rings is 2. The second-order valence-corrected chi connectivity index (χ2v) is 9.92. The number of carbonyl (C=O) groups excluding carboxylic acids is 2. The monoisotopic (exact) mass is 498 g/mol. The molecule has 4 rings (SSSR count). The molecule has 1 N–H and O–H groups in total. The van der Waals surface area contributed by atoms with Gasteiger partial charge < -0.3 is 10.2 Å². The number of nitrogens with one attached hydrogen (secondary N) is 1. The first-order chi connectivity index (χ1) is 16.4. The first kappa shape index (κ1) is 24.5. The van der Waals surface area contributed by atoms with Crippen molar-refractivity contribution in [2.24, 2.45) is 5.92 Å². The fourth-order valence-electron chi connectivity index (χ4n) is 4.90. The van der Waals surface area contributed by atoms with Crippen LogP contribution in [0.4, 0.5) is 5.69 Å². The highest BCUT2D eigenvalue weighted by atomic mass is 35.5. The van der Waals surface area contributed by atoms with E-state index in [0.29, 0.717) is 45.9 Å². The normalized spacial score (nSPS) is 19.1. The fraction of sp³-hybridized carbons (Fsp3) is 0.423. The number of rotatable bonds is 5. The van der Waals surface area contributed by atoms with Gasteiger partial charge in [-0.05, 0) is 50.1 Å². The molecular weight excluding hydrogens is 471 g/mol. The lowest BCUT2D eigenvalue weighted by molar-refractivity contribution is -0.140. The first-order valence-corrected chi connectivity index (χ1v) is 12.4. The quantitative estimate of drug-likeness (QED) is 0.603. The maximum absolute atomic E-state index is 12.9. The molecule has 8 heteroatoms. The molecule has 2 fully saturated rings. The van der Waals surface area contributed by atoms with Crippen LogP contribution in [-0.2, 0) is 11.3 Å². The van der Waals surface area contributed by atoms with Gasteiger partial charge in [0.05, 0.1) is 22.3 Å². The molecule has 178 valence electrons. The van der Waals surface area contributed by atoms with E-state index >= 15 is 0 Å². The van der Waals surface area contributed by atoms with Crippen LogP contribution in [-0.4, -0.2) is 47.3 Å². The van der Waals surface area contributed by atoms with Crippen LogP contribution in [0.5, 0.6) is 0 Å². The van der Waals surface area contributed by atoms with Crippen molar-refractivity contribution in [3.8, 4) is 6.07 Å². The molecule has 0 spiro atoms. The summed E-state index contributed by atoms with van der Waals surface area (Å²) in [4.78, 5) is 29.9. The van der Waals surface area contributed by atoms with Gasteiger partial charge in [0, 0.05) is 54.3 Å². The lowest BCUT2D eigenvalue weighted by atomic mass is 10.0. The minimum absolute atomic E-state index is 0.120. The van der Waals surface area contributed by atoms with Crippen LogP contribution in [0, 0.1) is 17.2 Å². The highest BCUT2D eigenvalue weighted by Crippen LogP contribution is 2.34. The molecule has 1 aliphatic carbocycles. The highest BCUT2D eigenvalue weighted by Gasteiger charge is 2.33. The minimum Gasteiger partial charge on any atom is -0.337 e. The lowest BCUT2D eigenvalue weighted by Gasteiger charge is -2.41. The van der Waals surface area contributed by atoms with Gasteiger partial charge >= 0.3 is 0 Å². The molecule has 0 radical (unpaired) electrons. The molecule has 0 bridgehead atoms. The molecule has 0 aromatic heterocycles. The molecule has 2 amide bonds. The van der Waals surface area contributed by atoms with Crippen molar-refractivity contribution in [3.05, 3.63) is 63.1 Å². The third-order valence-electron chi connectivity index (χ3n) is 6.77. The Labute approximate surface area is 210 Å². The predicted octanol–water partition coefficient (Wildman–Crippen LogP) is 5.34. The van der Waals surface area contributed by atoms with Crippen molar-refractivity contribution in [3.63, 3.8) is 0 Å². The summed E-state index contributed by atoms with van der Waals surface area (Å²) in [6.07, 6.45) is 4.32. The van der Waals surface area contributed by atoms with Gasteiger partial charge in [0.25, 0.3) is 5.91 Å². The van der Waals surface area contributed by atoms with Gasteiger partial charge in [-0.25, -0.2) is 0 Å². The smallest absolute Gasteiger partial charge is 0.255 e. The van der Waals surface area contributed by atoms with E-state index in [-0.39, 0.29) is 17.9 Å². The number of nitrogens with zero attached hydrogens (tertiary/aromatic N) is 3. The summed E-state index contributed by atoms with van der Waals surface area (Å²) in [5, 5.41) is 12.8. The van der Waals surface area contributed by atoms with E-state index in [4.69, 9.17) is 28.5 Å². The third-order valence-corrected chi connectivity index (χ3v) is 7.55. The van der Waals surface area contributed by atoms with Crippen LogP contribution < -0.4 is 5.32 Å². The van der Waals surface area contributed by atoms with Gasteiger partial charge in [-0.2, -0.15) is 5.26 Å². The topological polar surface area (TPSA) is 76.4 Å². The number of amides is 2. The van der Waals surface area contributed by atoms with E-state index in [1.165, 1.54) is 6.07 Å². The molecule has 34 heavy (non-hydrogen) atoms. The molecule has 1 unspecified atom stereocenters. The molecule has 1 saturated carbocycles. The van der Waals surface area contributed by atoms with Crippen LogP contribution in [0.3, 0.4) is 0 Å². The van der Waals surface area contributed by atoms with E-state index in [0.717, 1.165) is 44.3 Å². The summed E-state index contributed by atoms with van der Waals surface area (Å²) in [7, 11) is 0. The molecular formula is C26H28Cl2N4O2. The van der Waals surface area contributed by atoms with Crippen LogP contribution >= 0.6 is 23.2 Å². The van der Waals surface area contributed by atoms with Crippen molar-refractivity contribution < 1.29 is 9.59 Å². The lowest BCUT2D eigenvalue weighted by Crippen LogP contribution is -2.54. The van der Waals surface area contributed by atoms with Gasteiger partial charge in [0.2, 0.25) is 5.91 Å². The van der Waals surface area contributed by atoms with Gasteiger partial charge in [0.15, 0.2) is 0 Å². The number of anilines is 1. The average molecular weight is 499 g/mol. The summed E-state index contributed by atoms with van der Waals surface area (Å²) in [5.74, 6) is 0.137. The molecule has 1 aliphatic heterocycles. The van der Waals surface area contributed by atoms with Crippen LogP contribution in [0.1, 0.15) is 54.1 Å². The largest absolute Gasteiger partial charge is 0.337 e. The van der Waals surface area contributed by atoms with Crippen molar-refractivity contribution in [2.45, 2.75) is 45.2 Å². The Balaban J connectivity index is 1.43. The minimum atomic E-state index is -0.347. The SMILES string of the molecule is CC1CN(Cc2c(Cl)ccc(NC(=O)c3cccc(C#N)c3)c2Cl)CCN1C(=O)C1CCCC1. The predicted molar refractivity (Wildman–Crippen MR) is 134 cm³/mol. The van der Waals surface area contributed by atoms with Gasteiger partial charge in [0.1, 0.15) is 0 Å². The summed E-state index contributed by atoms with van der Waals surface area (Å²) in [6.45, 7) is 4.79. The number of nitriles is 1. The van der Waals surface area contributed by atoms with Crippen LogP contribution in [0.15, 0.2) is 36.4 Å². The Hall–Kier alpha value is -2.59. The van der Waals surface area contributed by atoms with E-state index in [2.05, 4.69) is 17.1 Å².